The number of aromatic nitrogens is 2. The Labute approximate surface area is 121 Å². The van der Waals surface area contributed by atoms with Gasteiger partial charge in [0, 0.05) is 6.26 Å². The second-order valence-electron chi connectivity index (χ2n) is 3.85. The highest BCUT2D eigenvalue weighted by Gasteiger charge is 2.13. The van der Waals surface area contributed by atoms with Crippen LogP contribution in [0, 0.1) is 0 Å². The molecule has 2 rings (SSSR count). The van der Waals surface area contributed by atoms with Crippen molar-refractivity contribution in [1.29, 1.82) is 0 Å². The molecule has 0 atom stereocenters. The molecule has 0 unspecified atom stereocenters. The fraction of sp³-hybridized carbons (Fsp3) is 0.167. The van der Waals surface area contributed by atoms with Crippen LogP contribution in [-0.2, 0) is 9.84 Å². The van der Waals surface area contributed by atoms with E-state index in [1.807, 2.05) is 0 Å². The van der Waals surface area contributed by atoms with Gasteiger partial charge in [-0.3, -0.25) is 0 Å². The second-order valence-corrected chi connectivity index (χ2v) is 6.22. The number of sulfone groups is 1. The molecule has 8 heteroatoms. The molecule has 0 radical (unpaired) electrons. The van der Waals surface area contributed by atoms with Crippen LogP contribution in [0.25, 0.3) is 0 Å². The lowest BCUT2D eigenvalue weighted by Crippen LogP contribution is -1.98. The van der Waals surface area contributed by atoms with E-state index in [1.165, 1.54) is 37.7 Å². The first-order valence-electron chi connectivity index (χ1n) is 5.44. The fourth-order valence-corrected chi connectivity index (χ4v) is 2.28. The first kappa shape index (κ1) is 14.5. The topological polar surface area (TPSA) is 78.4 Å². The smallest absolute Gasteiger partial charge is 0.267 e. The molecule has 0 spiro atoms. The zero-order valence-corrected chi connectivity index (χ0v) is 12.3. The van der Waals surface area contributed by atoms with Gasteiger partial charge in [0.15, 0.2) is 15.0 Å². The second kappa shape index (κ2) is 5.64. The molecule has 20 heavy (non-hydrogen) atoms. The molecule has 0 N–H and O–H groups in total. The van der Waals surface area contributed by atoms with E-state index in [2.05, 4.69) is 9.97 Å². The number of benzene rings is 1. The minimum absolute atomic E-state index is 0.130. The third-order valence-corrected chi connectivity index (χ3v) is 3.80. The average molecular weight is 315 g/mol. The van der Waals surface area contributed by atoms with E-state index in [9.17, 15) is 8.42 Å². The molecule has 1 aromatic carbocycles. The Morgan fingerprint density at radius 3 is 2.35 bits per heavy atom. The predicted molar refractivity (Wildman–Crippen MR) is 73.2 cm³/mol. The lowest BCUT2D eigenvalue weighted by atomic mass is 10.3. The Bertz CT molecular complexity index is 717. The molecular weight excluding hydrogens is 304 g/mol. The Kier molecular flexibility index (Phi) is 4.10. The van der Waals surface area contributed by atoms with E-state index in [0.717, 1.165) is 6.26 Å². The minimum atomic E-state index is -3.24. The van der Waals surface area contributed by atoms with Gasteiger partial charge in [-0.1, -0.05) is 11.6 Å². The zero-order chi connectivity index (χ0) is 14.8. The molecule has 2 aromatic rings. The standard InChI is InChI=1S/C12H11ClN2O4S/c1-18-10-11(13)14-7-15-12(10)19-8-3-5-9(6-4-8)20(2,16)17/h3-7H,1-2H3. The van der Waals surface area contributed by atoms with Gasteiger partial charge in [-0.15, -0.1) is 0 Å². The number of hydrogen-bond donors (Lipinski definition) is 0. The first-order chi connectivity index (χ1) is 9.41. The average Bonchev–Trinajstić information content (AvgIpc) is 2.38. The van der Waals surface area contributed by atoms with Crippen molar-refractivity contribution in [3.05, 3.63) is 35.7 Å². The van der Waals surface area contributed by atoms with Crippen LogP contribution in [0.1, 0.15) is 0 Å². The Morgan fingerprint density at radius 1 is 1.15 bits per heavy atom. The summed E-state index contributed by atoms with van der Waals surface area (Å²) in [5.41, 5.74) is 0. The molecular formula is C12H11ClN2O4S. The molecule has 0 aliphatic heterocycles. The monoisotopic (exact) mass is 314 g/mol. The first-order valence-corrected chi connectivity index (χ1v) is 7.71. The van der Waals surface area contributed by atoms with Crippen molar-refractivity contribution in [2.24, 2.45) is 0 Å². The van der Waals surface area contributed by atoms with Gasteiger partial charge in [0.05, 0.1) is 12.0 Å². The van der Waals surface area contributed by atoms with Crippen LogP contribution in [0.5, 0.6) is 17.4 Å². The summed E-state index contributed by atoms with van der Waals surface area (Å²) >= 11 is 5.85. The van der Waals surface area contributed by atoms with Crippen molar-refractivity contribution in [3.63, 3.8) is 0 Å². The van der Waals surface area contributed by atoms with E-state index >= 15 is 0 Å². The van der Waals surface area contributed by atoms with Crippen LogP contribution < -0.4 is 9.47 Å². The number of halogens is 1. The van der Waals surface area contributed by atoms with Crippen LogP contribution in [0.4, 0.5) is 0 Å². The highest BCUT2D eigenvalue weighted by atomic mass is 35.5. The Hall–Kier alpha value is -1.86. The number of nitrogens with zero attached hydrogens (tertiary/aromatic N) is 2. The Balaban J connectivity index is 2.29. The number of methoxy groups -OCH3 is 1. The maximum atomic E-state index is 11.3. The lowest BCUT2D eigenvalue weighted by molar-refractivity contribution is 0.367. The SMILES string of the molecule is COc1c(Cl)ncnc1Oc1ccc(S(C)(=O)=O)cc1. The minimum Gasteiger partial charge on any atom is -0.489 e. The molecule has 106 valence electrons. The summed E-state index contributed by atoms with van der Waals surface area (Å²) in [5.74, 6) is 0.770. The number of ether oxygens (including phenoxy) is 2. The summed E-state index contributed by atoms with van der Waals surface area (Å²) in [6.07, 6.45) is 2.38. The summed E-state index contributed by atoms with van der Waals surface area (Å²) in [4.78, 5) is 7.89. The van der Waals surface area contributed by atoms with E-state index < -0.39 is 9.84 Å². The van der Waals surface area contributed by atoms with Gasteiger partial charge in [0.25, 0.3) is 5.88 Å². The maximum absolute atomic E-state index is 11.3. The van der Waals surface area contributed by atoms with Crippen LogP contribution in [0.2, 0.25) is 5.15 Å². The zero-order valence-electron chi connectivity index (χ0n) is 10.7. The molecule has 1 heterocycles. The van der Waals surface area contributed by atoms with Crippen molar-refractivity contribution < 1.29 is 17.9 Å². The molecule has 0 saturated carbocycles. The van der Waals surface area contributed by atoms with Crippen molar-refractivity contribution in [3.8, 4) is 17.4 Å². The van der Waals surface area contributed by atoms with Crippen molar-refractivity contribution in [2.75, 3.05) is 13.4 Å². The van der Waals surface area contributed by atoms with Gasteiger partial charge in [-0.2, -0.15) is 4.98 Å². The van der Waals surface area contributed by atoms with Crippen molar-refractivity contribution in [2.45, 2.75) is 4.90 Å². The normalized spacial score (nSPS) is 11.2. The Morgan fingerprint density at radius 2 is 1.80 bits per heavy atom. The fourth-order valence-electron chi connectivity index (χ4n) is 1.45. The molecule has 6 nitrogen and oxygen atoms in total. The molecule has 0 bridgehead atoms. The van der Waals surface area contributed by atoms with Gasteiger partial charge in [-0.05, 0) is 24.3 Å². The molecule has 0 aliphatic rings. The maximum Gasteiger partial charge on any atom is 0.267 e. The van der Waals surface area contributed by atoms with Crippen molar-refractivity contribution >= 4 is 21.4 Å². The van der Waals surface area contributed by atoms with Crippen LogP contribution in [0.3, 0.4) is 0 Å². The summed E-state index contributed by atoms with van der Waals surface area (Å²) in [6.45, 7) is 0. The van der Waals surface area contributed by atoms with Gasteiger partial charge >= 0.3 is 0 Å². The largest absolute Gasteiger partial charge is 0.489 e. The predicted octanol–water partition coefficient (Wildman–Crippen LogP) is 2.33. The number of rotatable bonds is 4. The summed E-state index contributed by atoms with van der Waals surface area (Å²) in [6, 6.07) is 5.93. The lowest BCUT2D eigenvalue weighted by Gasteiger charge is -2.09. The van der Waals surface area contributed by atoms with Crippen molar-refractivity contribution in [1.82, 2.24) is 9.97 Å². The van der Waals surface area contributed by atoms with Crippen LogP contribution >= 0.6 is 11.6 Å². The van der Waals surface area contributed by atoms with Gasteiger partial charge in [-0.25, -0.2) is 13.4 Å². The van der Waals surface area contributed by atoms with Crippen LogP contribution in [0.15, 0.2) is 35.5 Å². The quantitative estimate of drug-likeness (QED) is 0.806. The summed E-state index contributed by atoms with van der Waals surface area (Å²) in [7, 11) is -1.82. The number of hydrogen-bond acceptors (Lipinski definition) is 6. The van der Waals surface area contributed by atoms with E-state index in [1.54, 1.807) is 0 Å². The van der Waals surface area contributed by atoms with E-state index in [4.69, 9.17) is 21.1 Å². The van der Waals surface area contributed by atoms with Gasteiger partial charge in [0.2, 0.25) is 5.75 Å². The molecule has 0 aliphatic carbocycles. The van der Waals surface area contributed by atoms with Gasteiger partial charge < -0.3 is 9.47 Å². The highest BCUT2D eigenvalue weighted by molar-refractivity contribution is 7.90. The molecule has 0 amide bonds. The molecule has 0 fully saturated rings. The molecule has 0 saturated heterocycles. The summed E-state index contributed by atoms with van der Waals surface area (Å²) < 4.78 is 33.2. The third-order valence-electron chi connectivity index (χ3n) is 2.40. The highest BCUT2D eigenvalue weighted by Crippen LogP contribution is 2.33. The summed E-state index contributed by atoms with van der Waals surface area (Å²) in [5, 5.41) is 0.130. The molecule has 1 aromatic heterocycles. The van der Waals surface area contributed by atoms with E-state index in [0.29, 0.717) is 5.75 Å². The third kappa shape index (κ3) is 3.17. The van der Waals surface area contributed by atoms with Crippen LogP contribution in [-0.4, -0.2) is 31.8 Å². The van der Waals surface area contributed by atoms with Gasteiger partial charge in [0.1, 0.15) is 12.1 Å². The van der Waals surface area contributed by atoms with E-state index in [-0.39, 0.29) is 21.7 Å².